The van der Waals surface area contributed by atoms with Crippen LogP contribution in [0.25, 0.3) is 5.69 Å². The normalized spacial score (nSPS) is 11.7. The monoisotopic (exact) mass is 360 g/mol. The average molecular weight is 360 g/mol. The third-order valence-corrected chi connectivity index (χ3v) is 4.47. The number of nitrogens with zero attached hydrogens (tertiary/aromatic N) is 2. The molecule has 130 valence electrons. The van der Waals surface area contributed by atoms with E-state index in [0.717, 1.165) is 33.5 Å². The fourth-order valence-corrected chi connectivity index (χ4v) is 3.18. The molecule has 0 bridgehead atoms. The minimum Gasteiger partial charge on any atom is -1.00 e. The fraction of sp³-hybridized carbons (Fsp3) is 0.200. The van der Waals surface area contributed by atoms with Crippen molar-refractivity contribution in [3.8, 4) is 5.69 Å². The number of carboxylic acids is 1. The van der Waals surface area contributed by atoms with Crippen molar-refractivity contribution in [2.45, 2.75) is 26.9 Å². The van der Waals surface area contributed by atoms with E-state index in [1.807, 2.05) is 49.7 Å². The molecule has 2 aromatic carbocycles. The van der Waals surface area contributed by atoms with Gasteiger partial charge in [0.25, 0.3) is 0 Å². The quantitative estimate of drug-likeness (QED) is 0.672. The summed E-state index contributed by atoms with van der Waals surface area (Å²) in [4.78, 5) is 15.3. The molecular formula is C20H21N2NaO3. The van der Waals surface area contributed by atoms with Gasteiger partial charge in [0.1, 0.15) is 6.10 Å². The van der Waals surface area contributed by atoms with Crippen molar-refractivity contribution in [2.75, 3.05) is 0 Å². The number of carbonyl (C=O) groups is 1. The summed E-state index contributed by atoms with van der Waals surface area (Å²) in [5.74, 6) is -0.967. The van der Waals surface area contributed by atoms with Gasteiger partial charge in [0.05, 0.1) is 11.9 Å². The van der Waals surface area contributed by atoms with Crippen LogP contribution in [-0.4, -0.2) is 25.7 Å². The van der Waals surface area contributed by atoms with E-state index in [4.69, 9.17) is 0 Å². The van der Waals surface area contributed by atoms with Crippen molar-refractivity contribution in [1.82, 2.24) is 9.55 Å². The van der Waals surface area contributed by atoms with E-state index in [0.29, 0.717) is 0 Å². The first-order valence-corrected chi connectivity index (χ1v) is 8.00. The molecular weight excluding hydrogens is 339 g/mol. The van der Waals surface area contributed by atoms with E-state index in [1.165, 1.54) is 0 Å². The van der Waals surface area contributed by atoms with Crippen LogP contribution in [0.2, 0.25) is 0 Å². The number of aromatic nitrogens is 2. The van der Waals surface area contributed by atoms with Gasteiger partial charge < -0.3 is 16.2 Å². The molecule has 2 N–H and O–H groups in total. The van der Waals surface area contributed by atoms with Crippen LogP contribution in [0.1, 0.15) is 45.7 Å². The molecule has 1 aromatic heterocycles. The van der Waals surface area contributed by atoms with Gasteiger partial charge in [-0.2, -0.15) is 0 Å². The van der Waals surface area contributed by atoms with E-state index in [-0.39, 0.29) is 36.5 Å². The Balaban J connectivity index is 0.00000182. The third kappa shape index (κ3) is 3.91. The van der Waals surface area contributed by atoms with Crippen molar-refractivity contribution in [3.63, 3.8) is 0 Å². The van der Waals surface area contributed by atoms with E-state index >= 15 is 0 Å². The number of aromatic carboxylic acids is 1. The molecule has 0 aliphatic heterocycles. The second-order valence-corrected chi connectivity index (χ2v) is 6.24. The number of hydrogen-bond donors (Lipinski definition) is 2. The Morgan fingerprint density at radius 3 is 2.31 bits per heavy atom. The topological polar surface area (TPSA) is 75.3 Å². The molecule has 1 atom stereocenters. The molecule has 3 rings (SSSR count). The van der Waals surface area contributed by atoms with Gasteiger partial charge in [0, 0.05) is 18.1 Å². The van der Waals surface area contributed by atoms with Gasteiger partial charge in [-0.25, -0.2) is 9.78 Å². The van der Waals surface area contributed by atoms with Crippen LogP contribution in [0, 0.1) is 20.8 Å². The molecule has 0 radical (unpaired) electrons. The summed E-state index contributed by atoms with van der Waals surface area (Å²) in [6, 6.07) is 9.07. The Bertz CT molecular complexity index is 919. The average Bonchev–Trinajstić information content (AvgIpc) is 3.08. The molecule has 0 saturated heterocycles. The Morgan fingerprint density at radius 2 is 1.77 bits per heavy atom. The Hall–Kier alpha value is -1.92. The molecule has 0 aliphatic rings. The molecule has 1 heterocycles. The molecule has 0 fully saturated rings. The number of aliphatic hydroxyl groups excluding tert-OH is 1. The number of imidazole rings is 1. The number of aliphatic hydroxyl groups is 1. The van der Waals surface area contributed by atoms with Gasteiger partial charge in [-0.15, -0.1) is 0 Å². The molecule has 6 heteroatoms. The number of rotatable bonds is 4. The van der Waals surface area contributed by atoms with Gasteiger partial charge in [-0.05, 0) is 72.9 Å². The van der Waals surface area contributed by atoms with Crippen LogP contribution in [0.3, 0.4) is 0 Å². The maximum Gasteiger partial charge on any atom is 1.00 e. The smallest absolute Gasteiger partial charge is 1.00 e. The third-order valence-electron chi connectivity index (χ3n) is 4.47. The van der Waals surface area contributed by atoms with E-state index in [9.17, 15) is 15.0 Å². The van der Waals surface area contributed by atoms with Gasteiger partial charge in [-0.1, -0.05) is 6.07 Å². The standard InChI is InChI=1S/C20H20N2O3.Na.H/c1-12-4-5-16(22-7-6-21-11-22)10-17(12)19(23)18-13(2)8-15(20(24)25)9-14(18)3;;/h4-11,19,23H,1-3H3,(H,24,25);;/q;+1;-1. The number of benzene rings is 2. The van der Waals surface area contributed by atoms with Crippen LogP contribution in [-0.2, 0) is 0 Å². The molecule has 26 heavy (non-hydrogen) atoms. The number of carboxylic acid groups (broad SMARTS) is 1. The zero-order chi connectivity index (χ0) is 18.1. The Morgan fingerprint density at radius 1 is 1.12 bits per heavy atom. The van der Waals surface area contributed by atoms with Gasteiger partial charge in [0.2, 0.25) is 0 Å². The second kappa shape index (κ2) is 8.18. The van der Waals surface area contributed by atoms with E-state index < -0.39 is 12.1 Å². The Labute approximate surface area is 176 Å². The molecule has 0 aliphatic carbocycles. The van der Waals surface area contributed by atoms with Crippen LogP contribution < -0.4 is 29.6 Å². The summed E-state index contributed by atoms with van der Waals surface area (Å²) in [5, 5.41) is 20.2. The van der Waals surface area contributed by atoms with Crippen LogP contribution in [0.5, 0.6) is 0 Å². The SMILES string of the molecule is Cc1ccc(-n2ccnc2)cc1C(O)c1c(C)cc(C(=O)O)cc1C.[H-].[Na+]. The van der Waals surface area contributed by atoms with Crippen molar-refractivity contribution in [2.24, 2.45) is 0 Å². The second-order valence-electron chi connectivity index (χ2n) is 6.24. The predicted molar refractivity (Wildman–Crippen MR) is 96.4 cm³/mol. The molecule has 1 unspecified atom stereocenters. The minimum atomic E-state index is -0.967. The fourth-order valence-electron chi connectivity index (χ4n) is 3.18. The van der Waals surface area contributed by atoms with Crippen LogP contribution in [0.15, 0.2) is 49.1 Å². The maximum absolute atomic E-state index is 11.2. The molecule has 0 amide bonds. The van der Waals surface area contributed by atoms with Crippen LogP contribution >= 0.6 is 0 Å². The van der Waals surface area contributed by atoms with Gasteiger partial charge in [0.15, 0.2) is 0 Å². The van der Waals surface area contributed by atoms with Crippen molar-refractivity contribution < 1.29 is 46.0 Å². The maximum atomic E-state index is 11.2. The van der Waals surface area contributed by atoms with Crippen molar-refractivity contribution in [1.29, 1.82) is 0 Å². The van der Waals surface area contributed by atoms with E-state index in [1.54, 1.807) is 24.7 Å². The first-order valence-electron chi connectivity index (χ1n) is 8.00. The first-order chi connectivity index (χ1) is 11.9. The van der Waals surface area contributed by atoms with Crippen LogP contribution in [0.4, 0.5) is 0 Å². The minimum absolute atomic E-state index is 0. The molecule has 5 nitrogen and oxygen atoms in total. The number of aryl methyl sites for hydroxylation is 3. The predicted octanol–water partition coefficient (Wildman–Crippen LogP) is 0.694. The largest absolute Gasteiger partial charge is 1.00 e. The summed E-state index contributed by atoms with van der Waals surface area (Å²) in [6.45, 7) is 5.60. The molecule has 3 aromatic rings. The van der Waals surface area contributed by atoms with Gasteiger partial charge in [-0.3, -0.25) is 0 Å². The van der Waals surface area contributed by atoms with Crippen molar-refractivity contribution in [3.05, 3.63) is 82.4 Å². The number of hydrogen-bond acceptors (Lipinski definition) is 3. The Kier molecular flexibility index (Phi) is 6.42. The van der Waals surface area contributed by atoms with Crippen molar-refractivity contribution >= 4 is 5.97 Å². The zero-order valence-electron chi connectivity index (χ0n) is 16.4. The first kappa shape index (κ1) is 20.4. The summed E-state index contributed by atoms with van der Waals surface area (Å²) >= 11 is 0. The molecule has 0 saturated carbocycles. The summed E-state index contributed by atoms with van der Waals surface area (Å²) < 4.78 is 1.88. The van der Waals surface area contributed by atoms with Gasteiger partial charge >= 0.3 is 35.5 Å². The summed E-state index contributed by atoms with van der Waals surface area (Å²) in [5.41, 5.74) is 5.17. The zero-order valence-corrected chi connectivity index (χ0v) is 17.4. The van der Waals surface area contributed by atoms with E-state index in [2.05, 4.69) is 4.98 Å². The molecule has 0 spiro atoms. The summed E-state index contributed by atoms with van der Waals surface area (Å²) in [6.07, 6.45) is 4.43. The summed E-state index contributed by atoms with van der Waals surface area (Å²) in [7, 11) is 0.